The quantitative estimate of drug-likeness (QED) is 0.478. The third-order valence-corrected chi connectivity index (χ3v) is 4.43. The highest BCUT2D eigenvalue weighted by Gasteiger charge is 2.46. The Morgan fingerprint density at radius 2 is 1.74 bits per heavy atom. The molecule has 1 saturated carbocycles. The van der Waals surface area contributed by atoms with Gasteiger partial charge in [-0.3, -0.25) is 5.41 Å². The van der Waals surface area contributed by atoms with Crippen molar-refractivity contribution in [3.63, 3.8) is 0 Å². The molecule has 0 heterocycles. The fourth-order valence-electron chi connectivity index (χ4n) is 2.97. The fourth-order valence-corrected chi connectivity index (χ4v) is 2.97. The summed E-state index contributed by atoms with van der Waals surface area (Å²) < 4.78 is 0. The molecular formula is C17H30N2. The van der Waals surface area contributed by atoms with Crippen molar-refractivity contribution >= 4 is 5.84 Å². The Hall–Kier alpha value is -1.05. The van der Waals surface area contributed by atoms with E-state index in [4.69, 9.17) is 5.41 Å². The van der Waals surface area contributed by atoms with E-state index in [1.807, 2.05) is 6.92 Å². The van der Waals surface area contributed by atoms with Crippen molar-refractivity contribution in [2.45, 2.75) is 73.1 Å². The summed E-state index contributed by atoms with van der Waals surface area (Å²) in [6.07, 6.45) is 6.90. The Bertz CT molecular complexity index is 386. The highest BCUT2D eigenvalue weighted by molar-refractivity contribution is 5.80. The Morgan fingerprint density at radius 1 is 1.16 bits per heavy atom. The smallest absolute Gasteiger partial charge is 0.101 e. The van der Waals surface area contributed by atoms with Crippen LogP contribution in [0.25, 0.3) is 0 Å². The number of allylic oxidation sites excluding steroid dienone is 3. The summed E-state index contributed by atoms with van der Waals surface area (Å²) in [6, 6.07) is 0. The highest BCUT2D eigenvalue weighted by Crippen LogP contribution is 2.56. The molecule has 0 bridgehead atoms. The minimum absolute atomic E-state index is 0.283. The molecule has 1 aliphatic carbocycles. The predicted octanol–water partition coefficient (Wildman–Crippen LogP) is 5.47. The molecule has 0 amide bonds. The van der Waals surface area contributed by atoms with E-state index in [1.54, 1.807) is 0 Å². The minimum Gasteiger partial charge on any atom is -0.307 e. The van der Waals surface area contributed by atoms with E-state index >= 15 is 0 Å². The van der Waals surface area contributed by atoms with Gasteiger partial charge in [-0.05, 0) is 46.0 Å². The summed E-state index contributed by atoms with van der Waals surface area (Å²) in [4.78, 5) is 2.13. The molecule has 0 aromatic heterocycles. The lowest BCUT2D eigenvalue weighted by molar-refractivity contribution is 0.425. The van der Waals surface area contributed by atoms with Gasteiger partial charge in [-0.1, -0.05) is 39.3 Å². The van der Waals surface area contributed by atoms with E-state index in [1.165, 1.54) is 37.0 Å². The van der Waals surface area contributed by atoms with Gasteiger partial charge in [-0.2, -0.15) is 0 Å². The first-order valence-electron chi connectivity index (χ1n) is 7.66. The van der Waals surface area contributed by atoms with Gasteiger partial charge in [0.25, 0.3) is 0 Å². The van der Waals surface area contributed by atoms with Gasteiger partial charge in [0, 0.05) is 16.8 Å². The summed E-state index contributed by atoms with van der Waals surface area (Å²) >= 11 is 0. The molecule has 2 heteroatoms. The van der Waals surface area contributed by atoms with Crippen molar-refractivity contribution in [3.8, 4) is 0 Å². The minimum atomic E-state index is 0.283. The molecule has 108 valence electrons. The third-order valence-electron chi connectivity index (χ3n) is 4.43. The summed E-state index contributed by atoms with van der Waals surface area (Å²) in [5, 5.41) is 8.16. The number of hydrogen-bond donors (Lipinski definition) is 1. The Morgan fingerprint density at radius 3 is 2.05 bits per heavy atom. The number of nitrogens with one attached hydrogen (secondary N) is 1. The Kier molecular flexibility index (Phi) is 5.39. The van der Waals surface area contributed by atoms with Crippen LogP contribution in [0.3, 0.4) is 0 Å². The van der Waals surface area contributed by atoms with Crippen molar-refractivity contribution in [2.24, 2.45) is 5.41 Å². The average Bonchev–Trinajstić information content (AvgIpc) is 3.15. The molecule has 2 nitrogen and oxygen atoms in total. The fraction of sp³-hybridized carbons (Fsp3) is 0.706. The van der Waals surface area contributed by atoms with Gasteiger partial charge in [0.15, 0.2) is 0 Å². The molecule has 0 radical (unpaired) electrons. The third kappa shape index (κ3) is 3.29. The number of nitrogens with zero attached hydrogens (tertiary/aromatic N) is 1. The van der Waals surface area contributed by atoms with Crippen LogP contribution >= 0.6 is 0 Å². The van der Waals surface area contributed by atoms with Gasteiger partial charge in [0.05, 0.1) is 0 Å². The van der Waals surface area contributed by atoms with E-state index in [0.29, 0.717) is 5.84 Å². The van der Waals surface area contributed by atoms with Crippen LogP contribution in [0, 0.1) is 10.8 Å². The number of amidine groups is 1. The molecule has 0 aliphatic heterocycles. The van der Waals surface area contributed by atoms with Crippen LogP contribution in [-0.4, -0.2) is 10.7 Å². The van der Waals surface area contributed by atoms with Gasteiger partial charge < -0.3 is 4.90 Å². The maximum absolute atomic E-state index is 8.16. The molecule has 19 heavy (non-hydrogen) atoms. The first-order chi connectivity index (χ1) is 8.93. The predicted molar refractivity (Wildman–Crippen MR) is 84.2 cm³/mol. The summed E-state index contributed by atoms with van der Waals surface area (Å²) in [7, 11) is 0. The van der Waals surface area contributed by atoms with Gasteiger partial charge in [-0.25, -0.2) is 0 Å². The zero-order chi connectivity index (χ0) is 14.6. The van der Waals surface area contributed by atoms with Crippen LogP contribution in [-0.2, 0) is 0 Å². The number of hydrogen-bond acceptors (Lipinski definition) is 1. The molecule has 0 aromatic rings. The standard InChI is InChI=1S/C17H30N2/c1-7-10-17(11-12-17)14(5)19(15(6)18)16(9-3)13(4)8-2/h18H,5,7-12H2,1-4,6H3/b16-13+,18-15?. The van der Waals surface area contributed by atoms with Crippen LogP contribution in [0.15, 0.2) is 23.5 Å². The second kappa shape index (κ2) is 6.40. The molecule has 1 rings (SSSR count). The monoisotopic (exact) mass is 262 g/mol. The zero-order valence-corrected chi connectivity index (χ0v) is 13.4. The molecular weight excluding hydrogens is 232 g/mol. The van der Waals surface area contributed by atoms with Crippen molar-refractivity contribution in [1.29, 1.82) is 5.41 Å². The lowest BCUT2D eigenvalue weighted by Gasteiger charge is -2.34. The molecule has 0 saturated heterocycles. The molecule has 1 aliphatic rings. The van der Waals surface area contributed by atoms with E-state index < -0.39 is 0 Å². The second-order valence-corrected chi connectivity index (χ2v) is 5.83. The first kappa shape index (κ1) is 16.0. The van der Waals surface area contributed by atoms with Crippen LogP contribution < -0.4 is 0 Å². The van der Waals surface area contributed by atoms with Crippen molar-refractivity contribution in [3.05, 3.63) is 23.5 Å². The molecule has 0 spiro atoms. The lowest BCUT2D eigenvalue weighted by Crippen LogP contribution is -2.31. The maximum Gasteiger partial charge on any atom is 0.101 e. The van der Waals surface area contributed by atoms with Crippen LogP contribution in [0.5, 0.6) is 0 Å². The lowest BCUT2D eigenvalue weighted by atomic mass is 9.94. The van der Waals surface area contributed by atoms with Gasteiger partial charge >= 0.3 is 0 Å². The summed E-state index contributed by atoms with van der Waals surface area (Å²) in [6.45, 7) is 15.0. The van der Waals surface area contributed by atoms with E-state index in [0.717, 1.165) is 18.5 Å². The van der Waals surface area contributed by atoms with Gasteiger partial charge in [-0.15, -0.1) is 0 Å². The Balaban J connectivity index is 3.08. The second-order valence-electron chi connectivity index (χ2n) is 5.83. The number of rotatable bonds is 7. The molecule has 1 fully saturated rings. The van der Waals surface area contributed by atoms with Gasteiger partial charge in [0.2, 0.25) is 0 Å². The van der Waals surface area contributed by atoms with Crippen molar-refractivity contribution in [1.82, 2.24) is 4.90 Å². The maximum atomic E-state index is 8.16. The largest absolute Gasteiger partial charge is 0.307 e. The molecule has 0 aromatic carbocycles. The van der Waals surface area contributed by atoms with Crippen LogP contribution in [0.2, 0.25) is 0 Å². The Labute approximate surface area is 119 Å². The molecule has 0 atom stereocenters. The van der Waals surface area contributed by atoms with E-state index in [9.17, 15) is 0 Å². The van der Waals surface area contributed by atoms with E-state index in [2.05, 4.69) is 39.2 Å². The van der Waals surface area contributed by atoms with Crippen LogP contribution in [0.1, 0.15) is 73.1 Å². The SMILES string of the molecule is C=C(N(C(C)=N)/C(CC)=C(\C)CC)C1(CCC)CC1. The van der Waals surface area contributed by atoms with E-state index in [-0.39, 0.29) is 5.41 Å². The topological polar surface area (TPSA) is 27.1 Å². The summed E-state index contributed by atoms with van der Waals surface area (Å²) in [5.74, 6) is 0.608. The van der Waals surface area contributed by atoms with Crippen molar-refractivity contribution < 1.29 is 0 Å². The zero-order valence-electron chi connectivity index (χ0n) is 13.4. The average molecular weight is 262 g/mol. The van der Waals surface area contributed by atoms with Gasteiger partial charge in [0.1, 0.15) is 5.84 Å². The first-order valence-corrected chi connectivity index (χ1v) is 7.66. The molecule has 1 N–H and O–H groups in total. The summed E-state index contributed by atoms with van der Waals surface area (Å²) in [5.41, 5.74) is 4.10. The normalized spacial score (nSPS) is 17.7. The van der Waals surface area contributed by atoms with Crippen molar-refractivity contribution in [2.75, 3.05) is 0 Å². The molecule has 0 unspecified atom stereocenters. The van der Waals surface area contributed by atoms with Crippen LogP contribution in [0.4, 0.5) is 0 Å². The highest BCUT2D eigenvalue weighted by atomic mass is 15.2.